The van der Waals surface area contributed by atoms with Crippen molar-refractivity contribution < 1.29 is 13.2 Å². The summed E-state index contributed by atoms with van der Waals surface area (Å²) in [5.74, 6) is 0.0642. The first-order valence-electron chi connectivity index (χ1n) is 6.88. The van der Waals surface area contributed by atoms with Crippen LogP contribution in [0.1, 0.15) is 24.2 Å². The number of ketones is 1. The highest BCUT2D eigenvalue weighted by Crippen LogP contribution is 2.20. The Morgan fingerprint density at radius 3 is 1.82 bits per heavy atom. The molecule has 0 amide bonds. The fourth-order valence-corrected chi connectivity index (χ4v) is 2.47. The van der Waals surface area contributed by atoms with Crippen LogP contribution in [0.3, 0.4) is 0 Å². The Morgan fingerprint density at radius 2 is 1.36 bits per heavy atom. The van der Waals surface area contributed by atoms with Gasteiger partial charge in [-0.25, -0.2) is 8.42 Å². The van der Waals surface area contributed by atoms with E-state index in [4.69, 9.17) is 0 Å². The second-order valence-electron chi connectivity index (χ2n) is 4.84. The van der Waals surface area contributed by atoms with Gasteiger partial charge in [0.25, 0.3) is 0 Å². The number of Topliss-reactive ketones (excluding diaryl/α,β-unsaturated/α-hetero) is 1. The molecule has 0 aromatic heterocycles. The van der Waals surface area contributed by atoms with Crippen LogP contribution in [0.25, 0.3) is 0 Å². The van der Waals surface area contributed by atoms with Crippen LogP contribution < -0.4 is 10.0 Å². The molecule has 0 fully saturated rings. The van der Waals surface area contributed by atoms with Gasteiger partial charge in [-0.05, 0) is 62.4 Å². The molecule has 0 saturated heterocycles. The molecule has 0 spiro atoms. The van der Waals surface area contributed by atoms with E-state index in [0.717, 1.165) is 11.4 Å². The monoisotopic (exact) mass is 318 g/mol. The smallest absolute Gasteiger partial charge is 0.232 e. The van der Waals surface area contributed by atoms with Crippen LogP contribution in [0, 0.1) is 0 Å². The lowest BCUT2D eigenvalue weighted by atomic mass is 10.1. The molecule has 0 atom stereocenters. The SMILES string of the molecule is CCS(=O)(=O)Nc1ccc(Nc2ccc(C(C)=O)cc2)cc1. The normalized spacial score (nSPS) is 11.0. The first kappa shape index (κ1) is 16.0. The molecule has 0 unspecified atom stereocenters. The van der Waals surface area contributed by atoms with Crippen molar-refractivity contribution in [2.24, 2.45) is 0 Å². The fraction of sp³-hybridized carbons (Fsp3) is 0.188. The van der Waals surface area contributed by atoms with Gasteiger partial charge in [-0.3, -0.25) is 9.52 Å². The number of nitrogens with one attached hydrogen (secondary N) is 2. The molecular weight excluding hydrogens is 300 g/mol. The molecule has 0 aliphatic heterocycles. The second kappa shape index (κ2) is 6.62. The molecule has 0 bridgehead atoms. The summed E-state index contributed by atoms with van der Waals surface area (Å²) in [5.41, 5.74) is 2.87. The predicted molar refractivity (Wildman–Crippen MR) is 89.3 cm³/mol. The van der Waals surface area contributed by atoms with Crippen molar-refractivity contribution in [2.45, 2.75) is 13.8 Å². The summed E-state index contributed by atoms with van der Waals surface area (Å²) in [7, 11) is -3.26. The molecule has 0 aliphatic rings. The molecule has 2 aromatic carbocycles. The van der Waals surface area contributed by atoms with Gasteiger partial charge in [0.2, 0.25) is 10.0 Å². The number of carbonyl (C=O) groups excluding carboxylic acids is 1. The van der Waals surface area contributed by atoms with Gasteiger partial charge in [-0.15, -0.1) is 0 Å². The lowest BCUT2D eigenvalue weighted by molar-refractivity contribution is 0.101. The summed E-state index contributed by atoms with van der Waals surface area (Å²) in [4.78, 5) is 11.2. The average molecular weight is 318 g/mol. The van der Waals surface area contributed by atoms with E-state index in [2.05, 4.69) is 10.0 Å². The molecule has 5 nitrogen and oxygen atoms in total. The predicted octanol–water partition coefficient (Wildman–Crippen LogP) is 3.39. The van der Waals surface area contributed by atoms with Crippen molar-refractivity contribution in [1.82, 2.24) is 0 Å². The maximum Gasteiger partial charge on any atom is 0.232 e. The summed E-state index contributed by atoms with van der Waals surface area (Å²) < 4.78 is 25.4. The van der Waals surface area contributed by atoms with Crippen LogP contribution >= 0.6 is 0 Å². The highest BCUT2D eigenvalue weighted by Gasteiger charge is 2.06. The van der Waals surface area contributed by atoms with Gasteiger partial charge in [-0.2, -0.15) is 0 Å². The molecule has 2 N–H and O–H groups in total. The van der Waals surface area contributed by atoms with E-state index in [9.17, 15) is 13.2 Å². The van der Waals surface area contributed by atoms with Gasteiger partial charge in [0, 0.05) is 22.6 Å². The van der Waals surface area contributed by atoms with Gasteiger partial charge < -0.3 is 5.32 Å². The van der Waals surface area contributed by atoms with Gasteiger partial charge in [-0.1, -0.05) is 0 Å². The average Bonchev–Trinajstić information content (AvgIpc) is 2.49. The third-order valence-corrected chi connectivity index (χ3v) is 4.43. The lowest BCUT2D eigenvalue weighted by Gasteiger charge is -2.09. The summed E-state index contributed by atoms with van der Waals surface area (Å²) in [6.07, 6.45) is 0. The van der Waals surface area contributed by atoms with Crippen LogP contribution in [0.4, 0.5) is 17.1 Å². The molecule has 6 heteroatoms. The summed E-state index contributed by atoms with van der Waals surface area (Å²) in [5, 5.41) is 3.19. The molecule has 2 aromatic rings. The molecule has 116 valence electrons. The van der Waals surface area contributed by atoms with E-state index >= 15 is 0 Å². The fourth-order valence-electron chi connectivity index (χ4n) is 1.83. The molecule has 0 aliphatic carbocycles. The molecule has 0 heterocycles. The highest BCUT2D eigenvalue weighted by atomic mass is 32.2. The number of sulfonamides is 1. The summed E-state index contributed by atoms with van der Waals surface area (Å²) >= 11 is 0. The first-order valence-corrected chi connectivity index (χ1v) is 8.53. The third-order valence-electron chi connectivity index (χ3n) is 3.12. The number of hydrogen-bond donors (Lipinski definition) is 2. The van der Waals surface area contributed by atoms with Crippen molar-refractivity contribution in [2.75, 3.05) is 15.8 Å². The minimum Gasteiger partial charge on any atom is -0.356 e. The van der Waals surface area contributed by atoms with Crippen molar-refractivity contribution in [3.8, 4) is 0 Å². The number of rotatable bonds is 6. The van der Waals surface area contributed by atoms with Gasteiger partial charge in [0.15, 0.2) is 5.78 Å². The van der Waals surface area contributed by atoms with Crippen molar-refractivity contribution in [3.63, 3.8) is 0 Å². The second-order valence-corrected chi connectivity index (χ2v) is 6.85. The molecule has 22 heavy (non-hydrogen) atoms. The Bertz CT molecular complexity index is 751. The Hall–Kier alpha value is -2.34. The number of anilines is 3. The molecule has 0 radical (unpaired) electrons. The maximum atomic E-state index is 11.5. The Labute approximate surface area is 130 Å². The van der Waals surface area contributed by atoms with Crippen molar-refractivity contribution in [3.05, 3.63) is 54.1 Å². The highest BCUT2D eigenvalue weighted by molar-refractivity contribution is 7.92. The maximum absolute atomic E-state index is 11.5. The molecule has 2 rings (SSSR count). The Morgan fingerprint density at radius 1 is 0.909 bits per heavy atom. The number of benzene rings is 2. The Balaban J connectivity index is 2.06. The molecule has 0 saturated carbocycles. The summed E-state index contributed by atoms with van der Waals surface area (Å²) in [6, 6.07) is 14.1. The van der Waals surface area contributed by atoms with Crippen molar-refractivity contribution in [1.29, 1.82) is 0 Å². The summed E-state index contributed by atoms with van der Waals surface area (Å²) in [6.45, 7) is 3.11. The first-order chi connectivity index (χ1) is 10.4. The van der Waals surface area contributed by atoms with E-state index in [1.165, 1.54) is 6.92 Å². The van der Waals surface area contributed by atoms with Gasteiger partial charge in [0.1, 0.15) is 0 Å². The zero-order valence-electron chi connectivity index (χ0n) is 12.5. The largest absolute Gasteiger partial charge is 0.356 e. The minimum atomic E-state index is -3.26. The van der Waals surface area contributed by atoms with Crippen molar-refractivity contribution >= 4 is 32.9 Å². The van der Waals surface area contributed by atoms with Gasteiger partial charge >= 0.3 is 0 Å². The van der Waals surface area contributed by atoms with Crippen LogP contribution in [-0.2, 0) is 10.0 Å². The zero-order valence-corrected chi connectivity index (χ0v) is 13.3. The topological polar surface area (TPSA) is 75.3 Å². The zero-order chi connectivity index (χ0) is 16.2. The van der Waals surface area contributed by atoms with Crippen LogP contribution in [0.15, 0.2) is 48.5 Å². The lowest BCUT2D eigenvalue weighted by Crippen LogP contribution is -2.14. The minimum absolute atomic E-state index is 0.0270. The van der Waals surface area contributed by atoms with E-state index < -0.39 is 10.0 Å². The van der Waals surface area contributed by atoms with Crippen LogP contribution in [0.2, 0.25) is 0 Å². The van der Waals surface area contributed by atoms with E-state index in [1.807, 2.05) is 12.1 Å². The van der Waals surface area contributed by atoms with E-state index in [1.54, 1.807) is 43.3 Å². The third kappa shape index (κ3) is 4.33. The van der Waals surface area contributed by atoms with Crippen LogP contribution in [0.5, 0.6) is 0 Å². The van der Waals surface area contributed by atoms with E-state index in [0.29, 0.717) is 11.3 Å². The molecular formula is C16H18N2O3S. The van der Waals surface area contributed by atoms with E-state index in [-0.39, 0.29) is 11.5 Å². The quantitative estimate of drug-likeness (QED) is 0.801. The number of carbonyl (C=O) groups is 1. The van der Waals surface area contributed by atoms with Gasteiger partial charge in [0.05, 0.1) is 5.75 Å². The Kier molecular flexibility index (Phi) is 4.82. The van der Waals surface area contributed by atoms with Crippen LogP contribution in [-0.4, -0.2) is 20.0 Å². The number of hydrogen-bond acceptors (Lipinski definition) is 4. The standard InChI is InChI=1S/C16H18N2O3S/c1-3-22(20,21)18-16-10-8-15(9-11-16)17-14-6-4-13(5-7-14)12(2)19/h4-11,17-18H,3H2,1-2H3.